The van der Waals surface area contributed by atoms with Crippen molar-refractivity contribution >= 4 is 0 Å². The molecule has 1 aromatic rings. The predicted octanol–water partition coefficient (Wildman–Crippen LogP) is 1.63. The van der Waals surface area contributed by atoms with Crippen molar-refractivity contribution in [2.45, 2.75) is 31.6 Å². The highest BCUT2D eigenvalue weighted by Crippen LogP contribution is 2.24. The largest absolute Gasteiger partial charge is 0.389 e. The van der Waals surface area contributed by atoms with E-state index in [1.165, 1.54) is 11.1 Å². The van der Waals surface area contributed by atoms with Gasteiger partial charge in [0, 0.05) is 26.7 Å². The Morgan fingerprint density at radius 3 is 3.05 bits per heavy atom. The Labute approximate surface area is 114 Å². The van der Waals surface area contributed by atoms with Gasteiger partial charge >= 0.3 is 0 Å². The normalized spacial score (nSPS) is 21.7. The summed E-state index contributed by atoms with van der Waals surface area (Å²) >= 11 is 0. The molecule has 19 heavy (non-hydrogen) atoms. The van der Waals surface area contributed by atoms with Gasteiger partial charge in [0.2, 0.25) is 0 Å². The van der Waals surface area contributed by atoms with Gasteiger partial charge < -0.3 is 19.9 Å². The number of fused-ring (bicyclic) bond motifs is 1. The summed E-state index contributed by atoms with van der Waals surface area (Å²) in [6, 6.07) is 8.44. The summed E-state index contributed by atoms with van der Waals surface area (Å²) in [7, 11) is 1.65. The highest BCUT2D eigenvalue weighted by atomic mass is 16.5. The maximum atomic E-state index is 10.2. The lowest BCUT2D eigenvalue weighted by Crippen LogP contribution is -2.42. The Hall–Kier alpha value is -0.940. The van der Waals surface area contributed by atoms with Crippen LogP contribution in [0.1, 0.15) is 30.5 Å². The summed E-state index contributed by atoms with van der Waals surface area (Å²) in [5, 5.41) is 13.6. The molecule has 4 heteroatoms. The van der Waals surface area contributed by atoms with Crippen LogP contribution in [0.5, 0.6) is 0 Å². The number of rotatable bonds is 6. The van der Waals surface area contributed by atoms with Gasteiger partial charge in [-0.25, -0.2) is 0 Å². The molecule has 106 valence electrons. The van der Waals surface area contributed by atoms with Crippen LogP contribution in [0.25, 0.3) is 0 Å². The second kappa shape index (κ2) is 6.48. The van der Waals surface area contributed by atoms with Gasteiger partial charge in [-0.05, 0) is 18.1 Å². The van der Waals surface area contributed by atoms with Crippen LogP contribution in [0.4, 0.5) is 0 Å². The van der Waals surface area contributed by atoms with E-state index in [1.54, 1.807) is 7.11 Å². The van der Waals surface area contributed by atoms with Gasteiger partial charge in [-0.2, -0.15) is 0 Å². The topological polar surface area (TPSA) is 50.7 Å². The van der Waals surface area contributed by atoms with Gasteiger partial charge in [0.15, 0.2) is 0 Å². The van der Waals surface area contributed by atoms with Crippen molar-refractivity contribution in [2.75, 3.05) is 26.9 Å². The van der Waals surface area contributed by atoms with Crippen LogP contribution >= 0.6 is 0 Å². The Morgan fingerprint density at radius 2 is 2.26 bits per heavy atom. The number of aliphatic hydroxyl groups is 1. The van der Waals surface area contributed by atoms with Crippen LogP contribution in [-0.4, -0.2) is 37.6 Å². The van der Waals surface area contributed by atoms with Crippen molar-refractivity contribution in [3.8, 4) is 0 Å². The van der Waals surface area contributed by atoms with Crippen molar-refractivity contribution in [1.29, 1.82) is 0 Å². The van der Waals surface area contributed by atoms with E-state index in [0.29, 0.717) is 32.8 Å². The fourth-order valence-electron chi connectivity index (χ4n) is 2.30. The number of nitrogens with one attached hydrogen (secondary N) is 1. The van der Waals surface area contributed by atoms with E-state index in [0.717, 1.165) is 0 Å². The van der Waals surface area contributed by atoms with Gasteiger partial charge in [0.25, 0.3) is 0 Å². The minimum atomic E-state index is -0.762. The third kappa shape index (κ3) is 4.01. The molecule has 0 fully saturated rings. The molecule has 0 aliphatic carbocycles. The Morgan fingerprint density at radius 1 is 1.47 bits per heavy atom. The van der Waals surface area contributed by atoms with Crippen LogP contribution in [0, 0.1) is 0 Å². The number of benzene rings is 1. The van der Waals surface area contributed by atoms with Crippen LogP contribution in [-0.2, 0) is 16.1 Å². The average Bonchev–Trinajstić information content (AvgIpc) is 2.43. The molecule has 1 aliphatic rings. The molecule has 1 aromatic carbocycles. The Bertz CT molecular complexity index is 406. The fraction of sp³-hybridized carbons (Fsp3) is 0.600. The zero-order valence-corrected chi connectivity index (χ0v) is 11.7. The fourth-order valence-corrected chi connectivity index (χ4v) is 2.30. The second-order valence-corrected chi connectivity index (χ2v) is 5.39. The van der Waals surface area contributed by atoms with E-state index in [9.17, 15) is 5.11 Å². The van der Waals surface area contributed by atoms with Gasteiger partial charge in [-0.15, -0.1) is 0 Å². The van der Waals surface area contributed by atoms with E-state index < -0.39 is 5.60 Å². The molecule has 0 amide bonds. The van der Waals surface area contributed by atoms with E-state index in [-0.39, 0.29) is 6.04 Å². The number of ether oxygens (including phenoxy) is 2. The first-order valence-electron chi connectivity index (χ1n) is 6.73. The smallest absolute Gasteiger partial charge is 0.0765 e. The van der Waals surface area contributed by atoms with Crippen molar-refractivity contribution in [3.63, 3.8) is 0 Å². The predicted molar refractivity (Wildman–Crippen MR) is 74.0 cm³/mol. The summed E-state index contributed by atoms with van der Waals surface area (Å²) in [4.78, 5) is 0. The summed E-state index contributed by atoms with van der Waals surface area (Å²) in [5.74, 6) is 0. The molecule has 0 radical (unpaired) electrons. The van der Waals surface area contributed by atoms with E-state index in [2.05, 4.69) is 17.4 Å². The zero-order valence-electron chi connectivity index (χ0n) is 11.7. The van der Waals surface area contributed by atoms with Gasteiger partial charge in [-0.3, -0.25) is 0 Å². The van der Waals surface area contributed by atoms with Crippen LogP contribution in [0.2, 0.25) is 0 Å². The summed E-state index contributed by atoms with van der Waals surface area (Å²) < 4.78 is 10.6. The second-order valence-electron chi connectivity index (χ2n) is 5.39. The lowest BCUT2D eigenvalue weighted by Gasteiger charge is -2.30. The number of methoxy groups -OCH3 is 1. The van der Waals surface area contributed by atoms with Crippen molar-refractivity contribution in [3.05, 3.63) is 35.4 Å². The Kier molecular flexibility index (Phi) is 4.93. The van der Waals surface area contributed by atoms with Crippen LogP contribution in [0.3, 0.4) is 0 Å². The molecule has 0 aromatic heterocycles. The highest BCUT2D eigenvalue weighted by molar-refractivity contribution is 5.31. The third-order valence-electron chi connectivity index (χ3n) is 3.55. The maximum Gasteiger partial charge on any atom is 0.0765 e. The lowest BCUT2D eigenvalue weighted by molar-refractivity contribution is 0.0152. The van der Waals surface area contributed by atoms with Crippen molar-refractivity contribution in [2.24, 2.45) is 0 Å². The molecule has 2 rings (SSSR count). The molecule has 0 spiro atoms. The SMILES string of the molecule is COCCC(C)(O)CNC1COCc2ccccc21. The number of hydrogen-bond donors (Lipinski definition) is 2. The minimum Gasteiger partial charge on any atom is -0.389 e. The molecule has 1 heterocycles. The molecular weight excluding hydrogens is 242 g/mol. The van der Waals surface area contributed by atoms with Crippen molar-refractivity contribution in [1.82, 2.24) is 5.32 Å². The summed E-state index contributed by atoms with van der Waals surface area (Å²) in [6.45, 7) is 4.24. The summed E-state index contributed by atoms with van der Waals surface area (Å²) in [5.41, 5.74) is 1.74. The van der Waals surface area contributed by atoms with E-state index in [4.69, 9.17) is 9.47 Å². The van der Waals surface area contributed by atoms with Crippen molar-refractivity contribution < 1.29 is 14.6 Å². The molecule has 2 atom stereocenters. The van der Waals surface area contributed by atoms with Crippen LogP contribution in [0.15, 0.2) is 24.3 Å². The van der Waals surface area contributed by atoms with Gasteiger partial charge in [0.1, 0.15) is 0 Å². The molecule has 0 bridgehead atoms. The minimum absolute atomic E-state index is 0.152. The number of hydrogen-bond acceptors (Lipinski definition) is 4. The molecule has 1 aliphatic heterocycles. The first-order valence-corrected chi connectivity index (χ1v) is 6.73. The third-order valence-corrected chi connectivity index (χ3v) is 3.55. The van der Waals surface area contributed by atoms with E-state index >= 15 is 0 Å². The van der Waals surface area contributed by atoms with Crippen LogP contribution < -0.4 is 5.32 Å². The molecule has 0 saturated carbocycles. The monoisotopic (exact) mass is 265 g/mol. The maximum absolute atomic E-state index is 10.2. The quantitative estimate of drug-likeness (QED) is 0.821. The molecule has 0 saturated heterocycles. The molecule has 2 N–H and O–H groups in total. The first kappa shape index (κ1) is 14.5. The molecular formula is C15H23NO3. The van der Waals surface area contributed by atoms with Gasteiger partial charge in [-0.1, -0.05) is 24.3 Å². The molecule has 4 nitrogen and oxygen atoms in total. The molecule has 2 unspecified atom stereocenters. The van der Waals surface area contributed by atoms with E-state index in [1.807, 2.05) is 19.1 Å². The first-order chi connectivity index (χ1) is 9.12. The zero-order chi connectivity index (χ0) is 13.7. The average molecular weight is 265 g/mol. The highest BCUT2D eigenvalue weighted by Gasteiger charge is 2.25. The van der Waals surface area contributed by atoms with Gasteiger partial charge in [0.05, 0.1) is 24.9 Å². The standard InChI is InChI=1S/C15H23NO3/c1-15(17,7-8-18-2)11-16-14-10-19-9-12-5-3-4-6-13(12)14/h3-6,14,16-17H,7-11H2,1-2H3. The summed E-state index contributed by atoms with van der Waals surface area (Å²) in [6.07, 6.45) is 0.617. The Balaban J connectivity index is 1.94. The lowest BCUT2D eigenvalue weighted by atomic mass is 9.97.